The predicted octanol–water partition coefficient (Wildman–Crippen LogP) is 2.52. The third-order valence-corrected chi connectivity index (χ3v) is 3.23. The molecule has 0 amide bonds. The summed E-state index contributed by atoms with van der Waals surface area (Å²) in [6, 6.07) is 4.88. The molecule has 102 valence electrons. The number of hydrogen-bond acceptors (Lipinski definition) is 4. The van der Waals surface area contributed by atoms with Crippen LogP contribution in [0.1, 0.15) is 13.8 Å². The zero-order valence-corrected chi connectivity index (χ0v) is 11.4. The minimum Gasteiger partial charge on any atom is -0.368 e. The average Bonchev–Trinajstić information content (AvgIpc) is 2.44. The van der Waals surface area contributed by atoms with Crippen molar-refractivity contribution >= 4 is 16.7 Å². The van der Waals surface area contributed by atoms with Crippen molar-refractivity contribution in [2.45, 2.75) is 13.8 Å². The number of hydrogen-bond donors (Lipinski definition) is 1. The first kappa shape index (κ1) is 13.7. The van der Waals surface area contributed by atoms with Crippen LogP contribution in [0.4, 0.5) is 10.2 Å². The Labute approximate surface area is 112 Å². The fourth-order valence-corrected chi connectivity index (χ4v) is 2.07. The second-order valence-corrected chi connectivity index (χ2v) is 4.31. The minimum absolute atomic E-state index is 0.288. The van der Waals surface area contributed by atoms with E-state index >= 15 is 0 Å². The first-order chi connectivity index (χ1) is 9.26. The highest BCUT2D eigenvalue weighted by atomic mass is 19.1. The molecular weight excluding hydrogens is 243 g/mol. The lowest BCUT2D eigenvalue weighted by molar-refractivity contribution is 0.316. The fourth-order valence-electron chi connectivity index (χ4n) is 2.07. The highest BCUT2D eigenvalue weighted by Gasteiger charge is 2.08. The Morgan fingerprint density at radius 3 is 2.74 bits per heavy atom. The molecule has 0 aliphatic heterocycles. The van der Waals surface area contributed by atoms with Gasteiger partial charge in [-0.15, -0.1) is 0 Å². The van der Waals surface area contributed by atoms with E-state index in [1.165, 1.54) is 12.4 Å². The minimum atomic E-state index is -0.288. The van der Waals surface area contributed by atoms with Gasteiger partial charge in [0, 0.05) is 13.1 Å². The van der Waals surface area contributed by atoms with E-state index in [0.717, 1.165) is 26.2 Å². The summed E-state index contributed by atoms with van der Waals surface area (Å²) in [5.41, 5.74) is 0.625. The number of aromatic nitrogens is 2. The smallest absolute Gasteiger partial charge is 0.140 e. The van der Waals surface area contributed by atoms with Crippen molar-refractivity contribution in [2.75, 3.05) is 31.5 Å². The quantitative estimate of drug-likeness (QED) is 0.868. The van der Waals surface area contributed by atoms with E-state index in [-0.39, 0.29) is 5.82 Å². The number of nitrogens with one attached hydrogen (secondary N) is 1. The molecule has 0 radical (unpaired) electrons. The number of anilines is 1. The summed E-state index contributed by atoms with van der Waals surface area (Å²) in [7, 11) is 0. The predicted molar refractivity (Wildman–Crippen MR) is 75.8 cm³/mol. The molecule has 0 fully saturated rings. The standard InChI is InChI=1S/C14H19FN4/c1-3-19(4-2)9-8-16-14-13-11(15)6-5-7-12(13)17-10-18-14/h5-7,10H,3-4,8-9H2,1-2H3,(H,16,17,18). The van der Waals surface area contributed by atoms with Gasteiger partial charge in [0.05, 0.1) is 10.9 Å². The van der Waals surface area contributed by atoms with Gasteiger partial charge >= 0.3 is 0 Å². The SMILES string of the molecule is CCN(CC)CCNc1ncnc2cccc(F)c12. The number of halogens is 1. The van der Waals surface area contributed by atoms with Crippen LogP contribution in [0.2, 0.25) is 0 Å². The number of benzene rings is 1. The molecular formula is C14H19FN4. The van der Waals surface area contributed by atoms with E-state index in [9.17, 15) is 4.39 Å². The van der Waals surface area contributed by atoms with Gasteiger partial charge < -0.3 is 10.2 Å². The molecule has 0 unspecified atom stereocenters. The largest absolute Gasteiger partial charge is 0.368 e. The molecule has 1 aromatic heterocycles. The van der Waals surface area contributed by atoms with Crippen LogP contribution in [-0.4, -0.2) is 41.0 Å². The first-order valence-electron chi connectivity index (χ1n) is 6.61. The maximum absolute atomic E-state index is 13.8. The van der Waals surface area contributed by atoms with Crippen molar-refractivity contribution in [1.29, 1.82) is 0 Å². The monoisotopic (exact) mass is 262 g/mol. The zero-order chi connectivity index (χ0) is 13.7. The van der Waals surface area contributed by atoms with Crippen LogP contribution >= 0.6 is 0 Å². The molecule has 1 heterocycles. The number of nitrogens with zero attached hydrogens (tertiary/aromatic N) is 3. The molecule has 0 saturated carbocycles. The molecule has 5 heteroatoms. The highest BCUT2D eigenvalue weighted by molar-refractivity contribution is 5.89. The summed E-state index contributed by atoms with van der Waals surface area (Å²) in [5, 5.41) is 3.66. The van der Waals surface area contributed by atoms with Crippen LogP contribution in [0.5, 0.6) is 0 Å². The molecule has 0 aliphatic carbocycles. The van der Waals surface area contributed by atoms with Crippen LogP contribution in [0.25, 0.3) is 10.9 Å². The maximum atomic E-state index is 13.8. The highest BCUT2D eigenvalue weighted by Crippen LogP contribution is 2.21. The molecule has 1 N–H and O–H groups in total. The van der Waals surface area contributed by atoms with E-state index in [1.54, 1.807) is 12.1 Å². The number of fused-ring (bicyclic) bond motifs is 1. The summed E-state index contributed by atoms with van der Waals surface area (Å²) in [5.74, 6) is 0.277. The summed E-state index contributed by atoms with van der Waals surface area (Å²) < 4.78 is 13.8. The Morgan fingerprint density at radius 1 is 1.21 bits per heavy atom. The van der Waals surface area contributed by atoms with Crippen LogP contribution in [0, 0.1) is 5.82 Å². The van der Waals surface area contributed by atoms with Crippen LogP contribution < -0.4 is 5.32 Å². The van der Waals surface area contributed by atoms with Crippen molar-refractivity contribution in [3.05, 3.63) is 30.3 Å². The van der Waals surface area contributed by atoms with E-state index in [2.05, 4.69) is 34.0 Å². The van der Waals surface area contributed by atoms with Crippen LogP contribution in [-0.2, 0) is 0 Å². The Morgan fingerprint density at radius 2 is 2.00 bits per heavy atom. The summed E-state index contributed by atoms with van der Waals surface area (Å²) in [6.07, 6.45) is 1.46. The van der Waals surface area contributed by atoms with Gasteiger partial charge in [-0.2, -0.15) is 0 Å². The number of likely N-dealkylation sites (N-methyl/N-ethyl adjacent to an activating group) is 1. The van der Waals surface area contributed by atoms with E-state index in [1.807, 2.05) is 0 Å². The van der Waals surface area contributed by atoms with Gasteiger partial charge in [0.25, 0.3) is 0 Å². The van der Waals surface area contributed by atoms with Gasteiger partial charge in [0.15, 0.2) is 0 Å². The van der Waals surface area contributed by atoms with Crippen molar-refractivity contribution < 1.29 is 4.39 Å². The molecule has 4 nitrogen and oxygen atoms in total. The van der Waals surface area contributed by atoms with Crippen molar-refractivity contribution in [2.24, 2.45) is 0 Å². The molecule has 0 atom stereocenters. The summed E-state index contributed by atoms with van der Waals surface area (Å²) >= 11 is 0. The molecule has 1 aromatic carbocycles. The van der Waals surface area contributed by atoms with E-state index in [0.29, 0.717) is 16.7 Å². The van der Waals surface area contributed by atoms with Crippen molar-refractivity contribution in [1.82, 2.24) is 14.9 Å². The van der Waals surface area contributed by atoms with E-state index < -0.39 is 0 Å². The summed E-state index contributed by atoms with van der Waals surface area (Å²) in [6.45, 7) is 7.93. The molecule has 19 heavy (non-hydrogen) atoms. The van der Waals surface area contributed by atoms with Gasteiger partial charge in [-0.1, -0.05) is 19.9 Å². The van der Waals surface area contributed by atoms with Crippen molar-refractivity contribution in [3.63, 3.8) is 0 Å². The molecule has 0 saturated heterocycles. The molecule has 0 aliphatic rings. The van der Waals surface area contributed by atoms with Crippen molar-refractivity contribution in [3.8, 4) is 0 Å². The van der Waals surface area contributed by atoms with Crippen LogP contribution in [0.3, 0.4) is 0 Å². The Hall–Kier alpha value is -1.75. The normalized spacial score (nSPS) is 11.2. The van der Waals surface area contributed by atoms with Crippen LogP contribution in [0.15, 0.2) is 24.5 Å². The third kappa shape index (κ3) is 3.17. The second kappa shape index (κ2) is 6.43. The lowest BCUT2D eigenvalue weighted by Crippen LogP contribution is -2.28. The average molecular weight is 262 g/mol. The van der Waals surface area contributed by atoms with Gasteiger partial charge in [0.2, 0.25) is 0 Å². The van der Waals surface area contributed by atoms with Gasteiger partial charge in [-0.3, -0.25) is 0 Å². The Bertz CT molecular complexity index is 535. The first-order valence-corrected chi connectivity index (χ1v) is 6.61. The zero-order valence-electron chi connectivity index (χ0n) is 11.4. The van der Waals surface area contributed by atoms with Gasteiger partial charge in [-0.25, -0.2) is 14.4 Å². The topological polar surface area (TPSA) is 41.0 Å². The number of rotatable bonds is 6. The molecule has 2 rings (SSSR count). The molecule has 0 bridgehead atoms. The molecule has 0 spiro atoms. The lowest BCUT2D eigenvalue weighted by atomic mass is 10.2. The van der Waals surface area contributed by atoms with Gasteiger partial charge in [0.1, 0.15) is 18.0 Å². The van der Waals surface area contributed by atoms with Gasteiger partial charge in [-0.05, 0) is 25.2 Å². The maximum Gasteiger partial charge on any atom is 0.140 e. The summed E-state index contributed by atoms with van der Waals surface area (Å²) in [4.78, 5) is 10.5. The Balaban J connectivity index is 2.13. The lowest BCUT2D eigenvalue weighted by Gasteiger charge is -2.18. The molecule has 2 aromatic rings. The second-order valence-electron chi connectivity index (χ2n) is 4.31. The third-order valence-electron chi connectivity index (χ3n) is 3.23. The Kier molecular flexibility index (Phi) is 4.63. The fraction of sp³-hybridized carbons (Fsp3) is 0.429. The van der Waals surface area contributed by atoms with E-state index in [4.69, 9.17) is 0 Å².